The second kappa shape index (κ2) is 9.08. The molecule has 2 aromatic heterocycles. The van der Waals surface area contributed by atoms with E-state index in [9.17, 15) is 4.79 Å². The summed E-state index contributed by atoms with van der Waals surface area (Å²) in [6.07, 6.45) is 0.515. The molecule has 3 heterocycles. The van der Waals surface area contributed by atoms with E-state index in [0.29, 0.717) is 29.7 Å². The molecule has 0 atom stereocenters. The Labute approximate surface area is 187 Å². The van der Waals surface area contributed by atoms with Crippen LogP contribution in [0, 0.1) is 12.7 Å². The van der Waals surface area contributed by atoms with Crippen LogP contribution >= 0.6 is 0 Å². The van der Waals surface area contributed by atoms with E-state index in [1.807, 2.05) is 27.0 Å². The fourth-order valence-corrected chi connectivity index (χ4v) is 4.14. The number of nitrogens with one attached hydrogen (secondary N) is 2. The molecule has 0 radical (unpaired) electrons. The van der Waals surface area contributed by atoms with Crippen LogP contribution in [-0.4, -0.2) is 53.1 Å². The average Bonchev–Trinajstić information content (AvgIpc) is 2.81. The van der Waals surface area contributed by atoms with Crippen molar-refractivity contribution in [3.8, 4) is 0 Å². The van der Waals surface area contributed by atoms with Crippen molar-refractivity contribution in [3.05, 3.63) is 69.7 Å². The maximum atomic E-state index is 15.1. The number of anilines is 1. The van der Waals surface area contributed by atoms with Gasteiger partial charge < -0.3 is 15.2 Å². The third kappa shape index (κ3) is 4.23. The Bertz CT molecular complexity index is 1210. The van der Waals surface area contributed by atoms with Gasteiger partial charge in [0.05, 0.1) is 28.3 Å². The Hall–Kier alpha value is -3.26. The quantitative estimate of drug-likeness (QED) is 0.619. The Morgan fingerprint density at radius 2 is 1.94 bits per heavy atom. The normalized spacial score (nSPS) is 14.7. The number of aromatic nitrogens is 3. The highest BCUT2D eigenvalue weighted by atomic mass is 19.1. The molecular formula is C24H29FN6O. The van der Waals surface area contributed by atoms with E-state index < -0.39 is 5.82 Å². The third-order valence-corrected chi connectivity index (χ3v) is 6.07. The zero-order chi connectivity index (χ0) is 22.8. The number of fused-ring (bicyclic) bond motifs is 1. The molecule has 3 aromatic rings. The first-order valence-electron chi connectivity index (χ1n) is 10.9. The van der Waals surface area contributed by atoms with Crippen LogP contribution < -0.4 is 15.8 Å². The number of hydrogen-bond donors (Lipinski definition) is 2. The maximum Gasteiger partial charge on any atom is 0.270 e. The number of nitrogens with zero attached hydrogens (tertiary/aromatic N) is 4. The number of rotatable bonds is 6. The number of aromatic amines is 1. The largest absolute Gasteiger partial charge is 0.387 e. The summed E-state index contributed by atoms with van der Waals surface area (Å²) in [5.41, 5.74) is 5.07. The molecule has 0 bridgehead atoms. The highest BCUT2D eigenvalue weighted by Crippen LogP contribution is 2.24. The minimum atomic E-state index is -0.391. The summed E-state index contributed by atoms with van der Waals surface area (Å²) in [5, 5.41) is 3.03. The summed E-state index contributed by atoms with van der Waals surface area (Å²) >= 11 is 0. The Balaban J connectivity index is 1.45. The zero-order valence-corrected chi connectivity index (χ0v) is 18.8. The van der Waals surface area contributed by atoms with Crippen LogP contribution in [0.15, 0.2) is 35.6 Å². The Morgan fingerprint density at radius 1 is 1.19 bits per heavy atom. The predicted molar refractivity (Wildman–Crippen MR) is 126 cm³/mol. The van der Waals surface area contributed by atoms with Crippen LogP contribution in [-0.2, 0) is 13.0 Å². The maximum absolute atomic E-state index is 15.1. The van der Waals surface area contributed by atoms with E-state index >= 15 is 4.39 Å². The fraction of sp³-hybridized carbons (Fsp3) is 0.375. The van der Waals surface area contributed by atoms with E-state index in [1.54, 1.807) is 12.1 Å². The first-order chi connectivity index (χ1) is 15.4. The number of hydrogen-bond acceptors (Lipinski definition) is 6. The molecular weight excluding hydrogens is 407 g/mol. The summed E-state index contributed by atoms with van der Waals surface area (Å²) in [6.45, 7) is 11.6. The number of pyridine rings is 1. The van der Waals surface area contributed by atoms with E-state index in [-0.39, 0.29) is 11.1 Å². The van der Waals surface area contributed by atoms with Crippen LogP contribution in [0.1, 0.15) is 29.6 Å². The topological polar surface area (TPSA) is 77.1 Å². The van der Waals surface area contributed by atoms with Gasteiger partial charge >= 0.3 is 0 Å². The molecule has 8 heteroatoms. The molecule has 1 aliphatic heterocycles. The summed E-state index contributed by atoms with van der Waals surface area (Å²) in [7, 11) is 1.83. The number of aryl methyl sites for hydroxylation is 2. The van der Waals surface area contributed by atoms with Crippen molar-refractivity contribution in [2.24, 2.45) is 0 Å². The first kappa shape index (κ1) is 22.0. The van der Waals surface area contributed by atoms with Gasteiger partial charge in [-0.2, -0.15) is 0 Å². The second-order valence-corrected chi connectivity index (χ2v) is 8.09. The molecule has 168 valence electrons. The van der Waals surface area contributed by atoms with Crippen molar-refractivity contribution in [2.45, 2.75) is 26.8 Å². The van der Waals surface area contributed by atoms with Crippen LogP contribution in [0.5, 0.6) is 0 Å². The highest BCUT2D eigenvalue weighted by Gasteiger charge is 2.21. The van der Waals surface area contributed by atoms with Gasteiger partial charge in [-0.05, 0) is 31.5 Å². The van der Waals surface area contributed by atoms with Crippen molar-refractivity contribution >= 4 is 22.4 Å². The van der Waals surface area contributed by atoms with E-state index in [0.717, 1.165) is 49.0 Å². The molecule has 1 aliphatic rings. The smallest absolute Gasteiger partial charge is 0.270 e. The van der Waals surface area contributed by atoms with Gasteiger partial charge in [0.1, 0.15) is 11.2 Å². The lowest BCUT2D eigenvalue weighted by molar-refractivity contribution is 0.246. The fourth-order valence-electron chi connectivity index (χ4n) is 4.14. The molecule has 1 fully saturated rings. The average molecular weight is 437 g/mol. The van der Waals surface area contributed by atoms with Crippen molar-refractivity contribution in [2.75, 3.05) is 38.1 Å². The van der Waals surface area contributed by atoms with Gasteiger partial charge in [-0.25, -0.2) is 14.4 Å². The molecule has 1 aromatic carbocycles. The van der Waals surface area contributed by atoms with Gasteiger partial charge in [0.2, 0.25) is 0 Å². The molecule has 4 rings (SSSR count). The van der Waals surface area contributed by atoms with Crippen LogP contribution in [0.3, 0.4) is 0 Å². The van der Waals surface area contributed by atoms with Crippen LogP contribution in [0.25, 0.3) is 16.7 Å². The minimum Gasteiger partial charge on any atom is -0.387 e. The van der Waals surface area contributed by atoms with Gasteiger partial charge in [-0.3, -0.25) is 9.69 Å². The SMILES string of the molecule is C=C(NC)c1ccc(N2CCN(Cc3ccc4nc(CC)c(=O)[nH]c4c3F)CC2)c(C)n1. The molecule has 1 saturated heterocycles. The van der Waals surface area contributed by atoms with Gasteiger partial charge in [0, 0.05) is 45.3 Å². The van der Waals surface area contributed by atoms with Gasteiger partial charge in [-0.15, -0.1) is 0 Å². The van der Waals surface area contributed by atoms with Gasteiger partial charge in [0.25, 0.3) is 5.56 Å². The highest BCUT2D eigenvalue weighted by molar-refractivity contribution is 5.75. The number of H-pyrrole nitrogens is 1. The predicted octanol–water partition coefficient (Wildman–Crippen LogP) is 2.84. The molecule has 32 heavy (non-hydrogen) atoms. The molecule has 2 N–H and O–H groups in total. The molecule has 0 spiro atoms. The molecule has 0 aliphatic carbocycles. The van der Waals surface area contributed by atoms with E-state index in [2.05, 4.69) is 42.7 Å². The molecule has 7 nitrogen and oxygen atoms in total. The lowest BCUT2D eigenvalue weighted by atomic mass is 10.1. The summed E-state index contributed by atoms with van der Waals surface area (Å²) in [6, 6.07) is 7.63. The monoisotopic (exact) mass is 436 g/mol. The summed E-state index contributed by atoms with van der Waals surface area (Å²) < 4.78 is 15.1. The number of halogens is 1. The van der Waals surface area contributed by atoms with E-state index in [1.165, 1.54) is 0 Å². The van der Waals surface area contributed by atoms with Crippen molar-refractivity contribution in [3.63, 3.8) is 0 Å². The van der Waals surface area contributed by atoms with Crippen molar-refractivity contribution in [1.29, 1.82) is 0 Å². The number of piperazine rings is 1. The Kier molecular flexibility index (Phi) is 6.23. The lowest BCUT2D eigenvalue weighted by Crippen LogP contribution is -2.46. The van der Waals surface area contributed by atoms with Crippen LogP contribution in [0.2, 0.25) is 0 Å². The van der Waals surface area contributed by atoms with E-state index in [4.69, 9.17) is 0 Å². The van der Waals surface area contributed by atoms with Gasteiger partial charge in [-0.1, -0.05) is 19.6 Å². The molecule has 0 saturated carbocycles. The molecule has 0 amide bonds. The first-order valence-corrected chi connectivity index (χ1v) is 10.9. The van der Waals surface area contributed by atoms with Crippen molar-refractivity contribution < 1.29 is 4.39 Å². The van der Waals surface area contributed by atoms with Gasteiger partial charge in [0.15, 0.2) is 5.82 Å². The summed E-state index contributed by atoms with van der Waals surface area (Å²) in [5.74, 6) is -0.391. The lowest BCUT2D eigenvalue weighted by Gasteiger charge is -2.36. The van der Waals surface area contributed by atoms with Crippen molar-refractivity contribution in [1.82, 2.24) is 25.2 Å². The third-order valence-electron chi connectivity index (χ3n) is 6.07. The summed E-state index contributed by atoms with van der Waals surface area (Å²) in [4.78, 5) is 28.3. The number of benzene rings is 1. The standard InChI is InChI=1S/C24H29FN6O/c1-5-18-24(32)29-23-20(28-18)7-6-17(22(23)25)14-30-10-12-31(13-11-30)21-9-8-19(15(2)26-4)27-16(21)3/h6-9,26H,2,5,10-14H2,1,3-4H3,(H,29,32). The molecule has 0 unspecified atom stereocenters. The van der Waals surface area contributed by atoms with Crippen LogP contribution in [0.4, 0.5) is 10.1 Å². The zero-order valence-electron chi connectivity index (χ0n) is 18.8. The Morgan fingerprint density at radius 3 is 2.59 bits per heavy atom. The second-order valence-electron chi connectivity index (χ2n) is 8.09. The minimum absolute atomic E-state index is 0.188.